The van der Waals surface area contributed by atoms with E-state index in [4.69, 9.17) is 0 Å². The molecular formula is C12H15F3N4. The van der Waals surface area contributed by atoms with Crippen LogP contribution in [0.25, 0.3) is 0 Å². The number of hydrogen-bond donors (Lipinski definition) is 2. The third-order valence-electron chi connectivity index (χ3n) is 2.83. The van der Waals surface area contributed by atoms with Crippen LogP contribution in [-0.2, 0) is 6.18 Å². The topological polar surface area (TPSA) is 49.8 Å². The van der Waals surface area contributed by atoms with E-state index in [1.165, 1.54) is 5.57 Å². The fourth-order valence-electron chi connectivity index (χ4n) is 1.83. The average molecular weight is 272 g/mol. The molecule has 2 N–H and O–H groups in total. The van der Waals surface area contributed by atoms with Crippen molar-refractivity contribution < 1.29 is 13.2 Å². The number of aromatic nitrogens is 2. The van der Waals surface area contributed by atoms with Crippen LogP contribution in [0, 0.1) is 0 Å². The third-order valence-corrected chi connectivity index (χ3v) is 2.83. The van der Waals surface area contributed by atoms with Crippen LogP contribution in [0.1, 0.15) is 18.5 Å². The van der Waals surface area contributed by atoms with Crippen LogP contribution in [0.4, 0.5) is 19.1 Å². The zero-order valence-corrected chi connectivity index (χ0v) is 10.3. The van der Waals surface area contributed by atoms with Crippen LogP contribution in [0.5, 0.6) is 0 Å². The van der Waals surface area contributed by atoms with Crippen molar-refractivity contribution in [2.24, 2.45) is 0 Å². The normalized spacial score (nSPS) is 16.1. The van der Waals surface area contributed by atoms with Gasteiger partial charge in [-0.2, -0.15) is 13.2 Å². The number of rotatable bonds is 4. The van der Waals surface area contributed by atoms with Crippen molar-refractivity contribution in [3.63, 3.8) is 0 Å². The Morgan fingerprint density at radius 3 is 2.89 bits per heavy atom. The predicted octanol–water partition coefficient (Wildman–Crippen LogP) is 2.22. The summed E-state index contributed by atoms with van der Waals surface area (Å²) in [6.07, 6.45) is 0.559. The Balaban J connectivity index is 1.87. The maximum atomic E-state index is 12.4. The molecular weight excluding hydrogens is 257 g/mol. The molecule has 0 aromatic carbocycles. The molecule has 0 fully saturated rings. The van der Waals surface area contributed by atoms with E-state index in [9.17, 15) is 13.2 Å². The van der Waals surface area contributed by atoms with Gasteiger partial charge in [0.25, 0.3) is 0 Å². The molecule has 2 rings (SSSR count). The first-order valence-electron chi connectivity index (χ1n) is 6.08. The summed E-state index contributed by atoms with van der Waals surface area (Å²) in [7, 11) is 0. The summed E-state index contributed by atoms with van der Waals surface area (Å²) in [5.41, 5.74) is 0.379. The van der Waals surface area contributed by atoms with Crippen LogP contribution in [-0.4, -0.2) is 29.6 Å². The third kappa shape index (κ3) is 4.20. The van der Waals surface area contributed by atoms with Gasteiger partial charge in [-0.1, -0.05) is 11.6 Å². The van der Waals surface area contributed by atoms with Crippen molar-refractivity contribution in [3.05, 3.63) is 29.6 Å². The van der Waals surface area contributed by atoms with Crippen molar-refractivity contribution >= 4 is 5.95 Å². The lowest BCUT2D eigenvalue weighted by atomic mass is 10.1. The number of nitrogens with one attached hydrogen (secondary N) is 2. The first-order valence-corrected chi connectivity index (χ1v) is 6.08. The monoisotopic (exact) mass is 272 g/mol. The van der Waals surface area contributed by atoms with Gasteiger partial charge in [0.1, 0.15) is 5.69 Å². The highest BCUT2D eigenvalue weighted by molar-refractivity contribution is 5.26. The van der Waals surface area contributed by atoms with Crippen molar-refractivity contribution in [1.82, 2.24) is 15.3 Å². The van der Waals surface area contributed by atoms with E-state index in [0.29, 0.717) is 6.54 Å². The molecule has 1 aliphatic rings. The molecule has 19 heavy (non-hydrogen) atoms. The lowest BCUT2D eigenvalue weighted by molar-refractivity contribution is -0.141. The van der Waals surface area contributed by atoms with Crippen LogP contribution >= 0.6 is 0 Å². The molecule has 0 aliphatic carbocycles. The van der Waals surface area contributed by atoms with E-state index in [2.05, 4.69) is 26.7 Å². The summed E-state index contributed by atoms with van der Waals surface area (Å²) in [6.45, 7) is 2.34. The molecule has 0 atom stereocenters. The largest absolute Gasteiger partial charge is 0.433 e. The van der Waals surface area contributed by atoms with Gasteiger partial charge in [-0.25, -0.2) is 9.97 Å². The molecule has 7 heteroatoms. The number of hydrogen-bond acceptors (Lipinski definition) is 4. The quantitative estimate of drug-likeness (QED) is 0.825. The fourth-order valence-corrected chi connectivity index (χ4v) is 1.83. The highest BCUT2D eigenvalue weighted by Crippen LogP contribution is 2.27. The molecule has 104 valence electrons. The van der Waals surface area contributed by atoms with E-state index in [1.54, 1.807) is 0 Å². The van der Waals surface area contributed by atoms with Crippen LogP contribution in [0.2, 0.25) is 0 Å². The molecule has 1 aromatic rings. The second-order valence-electron chi connectivity index (χ2n) is 4.26. The van der Waals surface area contributed by atoms with Gasteiger partial charge in [-0.15, -0.1) is 0 Å². The van der Waals surface area contributed by atoms with E-state index in [-0.39, 0.29) is 5.95 Å². The zero-order valence-electron chi connectivity index (χ0n) is 10.3. The molecule has 0 amide bonds. The van der Waals surface area contributed by atoms with Crippen molar-refractivity contribution in [2.45, 2.75) is 19.0 Å². The van der Waals surface area contributed by atoms with Gasteiger partial charge in [0.15, 0.2) is 0 Å². The van der Waals surface area contributed by atoms with E-state index in [1.807, 2.05) is 0 Å². The van der Waals surface area contributed by atoms with Crippen molar-refractivity contribution in [2.75, 3.05) is 25.0 Å². The zero-order chi connectivity index (χ0) is 13.7. The van der Waals surface area contributed by atoms with Gasteiger partial charge in [0, 0.05) is 19.3 Å². The first kappa shape index (κ1) is 13.8. The summed E-state index contributed by atoms with van der Waals surface area (Å²) in [6, 6.07) is 0.862. The molecule has 1 aromatic heterocycles. The highest BCUT2D eigenvalue weighted by Gasteiger charge is 2.32. The Hall–Kier alpha value is -1.63. The van der Waals surface area contributed by atoms with Gasteiger partial charge >= 0.3 is 6.18 Å². The minimum atomic E-state index is -4.43. The van der Waals surface area contributed by atoms with Gasteiger partial charge in [0.2, 0.25) is 5.95 Å². The summed E-state index contributed by atoms with van der Waals surface area (Å²) in [5, 5.41) is 6.02. The Morgan fingerprint density at radius 2 is 2.21 bits per heavy atom. The van der Waals surface area contributed by atoms with Gasteiger partial charge < -0.3 is 10.6 Å². The van der Waals surface area contributed by atoms with Crippen LogP contribution in [0.3, 0.4) is 0 Å². The summed E-state index contributed by atoms with van der Waals surface area (Å²) in [5.74, 6) is 0.0179. The summed E-state index contributed by atoms with van der Waals surface area (Å²) in [4.78, 5) is 7.23. The second kappa shape index (κ2) is 6.01. The molecule has 0 unspecified atom stereocenters. The summed E-state index contributed by atoms with van der Waals surface area (Å²) >= 11 is 0. The Morgan fingerprint density at radius 1 is 1.37 bits per heavy atom. The SMILES string of the molecule is FC(F)(F)c1ccnc(NCCC2=CCNCC2)n1. The number of nitrogens with zero attached hydrogens (tertiary/aromatic N) is 2. The van der Waals surface area contributed by atoms with Crippen LogP contribution < -0.4 is 10.6 Å². The molecule has 2 heterocycles. The van der Waals surface area contributed by atoms with E-state index < -0.39 is 11.9 Å². The maximum absolute atomic E-state index is 12.4. The molecule has 0 saturated heterocycles. The Kier molecular flexibility index (Phi) is 4.36. The van der Waals surface area contributed by atoms with Gasteiger partial charge in [-0.05, 0) is 25.5 Å². The average Bonchev–Trinajstić information content (AvgIpc) is 2.39. The maximum Gasteiger partial charge on any atom is 0.433 e. The molecule has 0 radical (unpaired) electrons. The predicted molar refractivity (Wildman–Crippen MR) is 65.7 cm³/mol. The van der Waals surface area contributed by atoms with Gasteiger partial charge in [-0.3, -0.25) is 0 Å². The summed E-state index contributed by atoms with van der Waals surface area (Å²) < 4.78 is 37.3. The van der Waals surface area contributed by atoms with Gasteiger partial charge in [0.05, 0.1) is 0 Å². The first-order chi connectivity index (χ1) is 9.05. The smallest absolute Gasteiger partial charge is 0.354 e. The standard InChI is InChI=1S/C12H15F3N4/c13-12(14,15)10-4-8-18-11(19-10)17-7-3-9-1-5-16-6-2-9/h1,4,8,16H,2-3,5-7H2,(H,17,18,19). The Labute approximate surface area is 109 Å². The molecule has 4 nitrogen and oxygen atoms in total. The molecule has 0 bridgehead atoms. The number of alkyl halides is 3. The lowest BCUT2D eigenvalue weighted by Crippen LogP contribution is -2.21. The van der Waals surface area contributed by atoms with Crippen LogP contribution in [0.15, 0.2) is 23.9 Å². The highest BCUT2D eigenvalue weighted by atomic mass is 19.4. The van der Waals surface area contributed by atoms with E-state index in [0.717, 1.165) is 38.2 Å². The minimum absolute atomic E-state index is 0.0179. The molecule has 0 saturated carbocycles. The fraction of sp³-hybridized carbons (Fsp3) is 0.500. The molecule has 1 aliphatic heterocycles. The second-order valence-corrected chi connectivity index (χ2v) is 4.26. The number of anilines is 1. The number of halogens is 3. The van der Waals surface area contributed by atoms with E-state index >= 15 is 0 Å². The molecule has 0 spiro atoms. The lowest BCUT2D eigenvalue weighted by Gasteiger charge is -2.14. The van der Waals surface area contributed by atoms with Crippen molar-refractivity contribution in [1.29, 1.82) is 0 Å². The minimum Gasteiger partial charge on any atom is -0.354 e. The Bertz CT molecular complexity index is 457. The van der Waals surface area contributed by atoms with Crippen molar-refractivity contribution in [3.8, 4) is 0 Å².